The van der Waals surface area contributed by atoms with Crippen LogP contribution in [0.4, 0.5) is 0 Å². The molecule has 0 amide bonds. The molecule has 1 aliphatic carbocycles. The maximum Gasteiger partial charge on any atom is 0.0705 e. The van der Waals surface area contributed by atoms with Gasteiger partial charge >= 0.3 is 0 Å². The van der Waals surface area contributed by atoms with E-state index in [9.17, 15) is 0 Å². The van der Waals surface area contributed by atoms with Gasteiger partial charge in [-0.2, -0.15) is 0 Å². The zero-order valence-electron chi connectivity index (χ0n) is 7.60. The monoisotopic (exact) mass is 157 g/mol. The summed E-state index contributed by atoms with van der Waals surface area (Å²) in [6.45, 7) is 6.19. The van der Waals surface area contributed by atoms with Gasteiger partial charge in [-0.25, -0.2) is 5.48 Å². The first kappa shape index (κ1) is 9.01. The molecule has 2 heteroatoms. The lowest BCUT2D eigenvalue weighted by atomic mass is 9.86. The highest BCUT2D eigenvalue weighted by Gasteiger charge is 2.16. The molecule has 0 aromatic rings. The van der Waals surface area contributed by atoms with Crippen molar-refractivity contribution < 1.29 is 4.84 Å². The van der Waals surface area contributed by atoms with Crippen LogP contribution in [-0.4, -0.2) is 13.2 Å². The lowest BCUT2D eigenvalue weighted by Gasteiger charge is -2.25. The third kappa shape index (κ3) is 3.73. The minimum absolute atomic E-state index is 0.629. The minimum Gasteiger partial charge on any atom is -0.302 e. The van der Waals surface area contributed by atoms with Crippen LogP contribution in [0.15, 0.2) is 0 Å². The van der Waals surface area contributed by atoms with Crippen LogP contribution in [-0.2, 0) is 4.84 Å². The normalized spacial score (nSPS) is 18.8. The highest BCUT2D eigenvalue weighted by molar-refractivity contribution is 4.69. The second-order valence-corrected chi connectivity index (χ2v) is 3.85. The first-order valence-corrected chi connectivity index (χ1v) is 4.63. The summed E-state index contributed by atoms with van der Waals surface area (Å²) in [5.74, 6) is 1.52. The van der Waals surface area contributed by atoms with E-state index in [2.05, 4.69) is 19.3 Å². The lowest BCUT2D eigenvalue weighted by molar-refractivity contribution is 0.00937. The fourth-order valence-electron chi connectivity index (χ4n) is 1.10. The van der Waals surface area contributed by atoms with Gasteiger partial charge in [0, 0.05) is 6.54 Å². The van der Waals surface area contributed by atoms with Gasteiger partial charge in [-0.05, 0) is 24.7 Å². The largest absolute Gasteiger partial charge is 0.302 e. The Kier molecular flexibility index (Phi) is 3.87. The standard InChI is InChI=1S/C9H19NO/c1-8(2)7-11-10-6-9-4-3-5-9/h8-10H,3-7H2,1-2H3. The van der Waals surface area contributed by atoms with Crippen molar-refractivity contribution in [1.82, 2.24) is 5.48 Å². The number of rotatable bonds is 5. The van der Waals surface area contributed by atoms with Gasteiger partial charge in [0.2, 0.25) is 0 Å². The predicted octanol–water partition coefficient (Wildman–Crippen LogP) is 1.96. The fourth-order valence-corrected chi connectivity index (χ4v) is 1.10. The average molecular weight is 157 g/mol. The molecule has 0 bridgehead atoms. The van der Waals surface area contributed by atoms with Gasteiger partial charge in [-0.15, -0.1) is 0 Å². The zero-order chi connectivity index (χ0) is 8.10. The molecule has 66 valence electrons. The molecule has 1 saturated carbocycles. The zero-order valence-corrected chi connectivity index (χ0v) is 7.60. The van der Waals surface area contributed by atoms with Gasteiger partial charge in [-0.3, -0.25) is 0 Å². The van der Waals surface area contributed by atoms with Crippen LogP contribution in [0.5, 0.6) is 0 Å². The molecule has 0 aromatic carbocycles. The minimum atomic E-state index is 0.629. The molecule has 0 atom stereocenters. The Hall–Kier alpha value is -0.0800. The third-order valence-corrected chi connectivity index (χ3v) is 2.12. The molecular weight excluding hydrogens is 138 g/mol. The molecule has 2 nitrogen and oxygen atoms in total. The van der Waals surface area contributed by atoms with Crippen LogP contribution in [0.1, 0.15) is 33.1 Å². The van der Waals surface area contributed by atoms with Crippen LogP contribution < -0.4 is 5.48 Å². The van der Waals surface area contributed by atoms with Crippen molar-refractivity contribution in [2.45, 2.75) is 33.1 Å². The van der Waals surface area contributed by atoms with Gasteiger partial charge in [-0.1, -0.05) is 20.3 Å². The summed E-state index contributed by atoms with van der Waals surface area (Å²) in [6.07, 6.45) is 4.19. The maximum absolute atomic E-state index is 5.25. The molecule has 0 radical (unpaired) electrons. The molecule has 1 fully saturated rings. The average Bonchev–Trinajstić information content (AvgIpc) is 1.82. The number of hydrogen-bond acceptors (Lipinski definition) is 2. The van der Waals surface area contributed by atoms with E-state index in [4.69, 9.17) is 4.84 Å². The molecule has 1 aliphatic rings. The van der Waals surface area contributed by atoms with E-state index < -0.39 is 0 Å². The van der Waals surface area contributed by atoms with Gasteiger partial charge in [0.25, 0.3) is 0 Å². The van der Waals surface area contributed by atoms with Crippen molar-refractivity contribution in [2.75, 3.05) is 13.2 Å². The Morgan fingerprint density at radius 1 is 1.45 bits per heavy atom. The number of nitrogens with one attached hydrogen (secondary N) is 1. The lowest BCUT2D eigenvalue weighted by Crippen LogP contribution is -2.28. The van der Waals surface area contributed by atoms with E-state index in [0.29, 0.717) is 5.92 Å². The quantitative estimate of drug-likeness (QED) is 0.486. The van der Waals surface area contributed by atoms with Crippen molar-refractivity contribution in [1.29, 1.82) is 0 Å². The van der Waals surface area contributed by atoms with Crippen molar-refractivity contribution in [2.24, 2.45) is 11.8 Å². The third-order valence-electron chi connectivity index (χ3n) is 2.12. The van der Waals surface area contributed by atoms with Crippen molar-refractivity contribution in [3.63, 3.8) is 0 Å². The van der Waals surface area contributed by atoms with Crippen molar-refractivity contribution >= 4 is 0 Å². The fraction of sp³-hybridized carbons (Fsp3) is 1.00. The summed E-state index contributed by atoms with van der Waals surface area (Å²) in [5, 5.41) is 0. The molecule has 0 saturated heterocycles. The smallest absolute Gasteiger partial charge is 0.0705 e. The van der Waals surface area contributed by atoms with Crippen molar-refractivity contribution in [3.05, 3.63) is 0 Å². The molecule has 1 rings (SSSR count). The highest BCUT2D eigenvalue weighted by Crippen LogP contribution is 2.24. The molecule has 0 unspecified atom stereocenters. The molecule has 0 aliphatic heterocycles. The molecular formula is C9H19NO. The second kappa shape index (κ2) is 4.73. The first-order valence-electron chi connectivity index (χ1n) is 4.63. The number of hydrogen-bond donors (Lipinski definition) is 1. The SMILES string of the molecule is CC(C)CONCC1CCC1. The van der Waals surface area contributed by atoms with E-state index >= 15 is 0 Å². The summed E-state index contributed by atoms with van der Waals surface area (Å²) in [5.41, 5.74) is 3.02. The number of hydroxylamine groups is 1. The molecule has 0 heterocycles. The summed E-state index contributed by atoms with van der Waals surface area (Å²) >= 11 is 0. The van der Waals surface area contributed by atoms with E-state index in [0.717, 1.165) is 19.1 Å². The van der Waals surface area contributed by atoms with Gasteiger partial charge in [0.15, 0.2) is 0 Å². The summed E-state index contributed by atoms with van der Waals surface area (Å²) in [7, 11) is 0. The van der Waals surface area contributed by atoms with E-state index in [1.165, 1.54) is 19.3 Å². The summed E-state index contributed by atoms with van der Waals surface area (Å²) in [4.78, 5) is 5.25. The topological polar surface area (TPSA) is 21.3 Å². The summed E-state index contributed by atoms with van der Waals surface area (Å²) < 4.78 is 0. The molecule has 1 N–H and O–H groups in total. The van der Waals surface area contributed by atoms with Gasteiger partial charge < -0.3 is 4.84 Å². The van der Waals surface area contributed by atoms with Crippen LogP contribution >= 0.6 is 0 Å². The van der Waals surface area contributed by atoms with Crippen molar-refractivity contribution in [3.8, 4) is 0 Å². The molecule has 0 spiro atoms. The Morgan fingerprint density at radius 3 is 2.64 bits per heavy atom. The van der Waals surface area contributed by atoms with Crippen LogP contribution in [0.3, 0.4) is 0 Å². The van der Waals surface area contributed by atoms with Gasteiger partial charge in [0.1, 0.15) is 0 Å². The highest BCUT2D eigenvalue weighted by atomic mass is 16.6. The Balaban J connectivity index is 1.80. The van der Waals surface area contributed by atoms with E-state index in [1.807, 2.05) is 0 Å². The second-order valence-electron chi connectivity index (χ2n) is 3.85. The first-order chi connectivity index (χ1) is 5.29. The van der Waals surface area contributed by atoms with Crippen LogP contribution in [0, 0.1) is 11.8 Å². The van der Waals surface area contributed by atoms with E-state index in [1.54, 1.807) is 0 Å². The predicted molar refractivity (Wildman–Crippen MR) is 46.1 cm³/mol. The van der Waals surface area contributed by atoms with Gasteiger partial charge in [0.05, 0.1) is 6.61 Å². The summed E-state index contributed by atoms with van der Waals surface area (Å²) in [6, 6.07) is 0. The Morgan fingerprint density at radius 2 is 2.18 bits per heavy atom. The molecule has 0 aromatic heterocycles. The van der Waals surface area contributed by atoms with Crippen LogP contribution in [0.2, 0.25) is 0 Å². The van der Waals surface area contributed by atoms with Crippen LogP contribution in [0.25, 0.3) is 0 Å². The Labute approximate surface area is 69.3 Å². The molecule has 11 heavy (non-hydrogen) atoms. The Bertz CT molecular complexity index is 99.7. The maximum atomic E-state index is 5.25. The van der Waals surface area contributed by atoms with E-state index in [-0.39, 0.29) is 0 Å².